The van der Waals surface area contributed by atoms with Crippen LogP contribution in [0.15, 0.2) is 45.7 Å². The normalized spacial score (nSPS) is 10.5. The molecule has 1 aromatic heterocycles. The van der Waals surface area contributed by atoms with Crippen LogP contribution in [-0.4, -0.2) is 17.9 Å². The standard InChI is InChI=1S/C15H15BrN2O3/c1-9(2)17-14(19)10-4-3-5-11(8-10)18-15(20)12-6-7-21-13(12)16/h3-9H,1-2H3,(H,17,19)(H,18,20). The summed E-state index contributed by atoms with van der Waals surface area (Å²) in [5, 5.41) is 5.53. The molecule has 0 unspecified atom stereocenters. The number of furan rings is 1. The first-order valence-corrected chi connectivity index (χ1v) is 7.22. The Balaban J connectivity index is 2.13. The zero-order valence-corrected chi connectivity index (χ0v) is 13.2. The van der Waals surface area contributed by atoms with Crippen molar-refractivity contribution >= 4 is 33.4 Å². The van der Waals surface area contributed by atoms with Gasteiger partial charge in [0.2, 0.25) is 0 Å². The lowest BCUT2D eigenvalue weighted by Crippen LogP contribution is -2.30. The molecule has 0 aliphatic rings. The summed E-state index contributed by atoms with van der Waals surface area (Å²) in [7, 11) is 0. The number of benzene rings is 1. The van der Waals surface area contributed by atoms with Crippen LogP contribution in [0.1, 0.15) is 34.6 Å². The van der Waals surface area contributed by atoms with Crippen molar-refractivity contribution in [2.24, 2.45) is 0 Å². The Kier molecular flexibility index (Phi) is 4.80. The van der Waals surface area contributed by atoms with Crippen LogP contribution in [0.25, 0.3) is 0 Å². The second kappa shape index (κ2) is 6.58. The van der Waals surface area contributed by atoms with Crippen molar-refractivity contribution in [2.45, 2.75) is 19.9 Å². The first-order valence-electron chi connectivity index (χ1n) is 6.42. The Morgan fingerprint density at radius 1 is 1.19 bits per heavy atom. The Bertz CT molecular complexity index is 664. The first kappa shape index (κ1) is 15.3. The van der Waals surface area contributed by atoms with Gasteiger partial charge in [0.15, 0.2) is 4.67 Å². The predicted octanol–water partition coefficient (Wildman–Crippen LogP) is 3.43. The summed E-state index contributed by atoms with van der Waals surface area (Å²) in [6.45, 7) is 3.78. The van der Waals surface area contributed by atoms with E-state index in [1.807, 2.05) is 13.8 Å². The fourth-order valence-corrected chi connectivity index (χ4v) is 2.16. The maximum Gasteiger partial charge on any atom is 0.260 e. The van der Waals surface area contributed by atoms with Crippen molar-refractivity contribution in [1.29, 1.82) is 0 Å². The zero-order chi connectivity index (χ0) is 15.4. The Hall–Kier alpha value is -2.08. The fourth-order valence-electron chi connectivity index (χ4n) is 1.74. The average Bonchev–Trinajstić information content (AvgIpc) is 2.84. The molecule has 0 aliphatic heterocycles. The molecule has 0 aliphatic carbocycles. The molecule has 5 nitrogen and oxygen atoms in total. The van der Waals surface area contributed by atoms with Crippen LogP contribution in [0, 0.1) is 0 Å². The summed E-state index contributed by atoms with van der Waals surface area (Å²) >= 11 is 3.15. The van der Waals surface area contributed by atoms with Crippen molar-refractivity contribution in [3.8, 4) is 0 Å². The van der Waals surface area contributed by atoms with E-state index in [0.717, 1.165) is 0 Å². The summed E-state index contributed by atoms with van der Waals surface area (Å²) in [6.07, 6.45) is 1.42. The summed E-state index contributed by atoms with van der Waals surface area (Å²) in [4.78, 5) is 24.0. The highest BCUT2D eigenvalue weighted by molar-refractivity contribution is 9.10. The number of carbonyl (C=O) groups excluding carboxylic acids is 2. The minimum atomic E-state index is -0.308. The average molecular weight is 351 g/mol. The molecule has 110 valence electrons. The number of amides is 2. The molecule has 2 N–H and O–H groups in total. The lowest BCUT2D eigenvalue weighted by atomic mass is 10.1. The number of halogens is 1. The molecule has 0 radical (unpaired) electrons. The van der Waals surface area contributed by atoms with Crippen LogP contribution in [0.5, 0.6) is 0 Å². The quantitative estimate of drug-likeness (QED) is 0.887. The molecule has 1 aromatic carbocycles. The smallest absolute Gasteiger partial charge is 0.260 e. The van der Waals surface area contributed by atoms with Crippen LogP contribution in [-0.2, 0) is 0 Å². The van der Waals surface area contributed by atoms with E-state index < -0.39 is 0 Å². The molecule has 21 heavy (non-hydrogen) atoms. The minimum absolute atomic E-state index is 0.0534. The van der Waals surface area contributed by atoms with Crippen molar-refractivity contribution in [2.75, 3.05) is 5.32 Å². The van der Waals surface area contributed by atoms with Gasteiger partial charge in [0.1, 0.15) is 0 Å². The predicted molar refractivity (Wildman–Crippen MR) is 83.4 cm³/mol. The topological polar surface area (TPSA) is 71.3 Å². The van der Waals surface area contributed by atoms with E-state index in [0.29, 0.717) is 21.5 Å². The number of hydrogen-bond donors (Lipinski definition) is 2. The van der Waals surface area contributed by atoms with E-state index in [1.54, 1.807) is 30.3 Å². The highest BCUT2D eigenvalue weighted by Gasteiger charge is 2.14. The van der Waals surface area contributed by atoms with Crippen molar-refractivity contribution in [3.05, 3.63) is 52.4 Å². The number of rotatable bonds is 4. The molecule has 2 rings (SSSR count). The third-order valence-corrected chi connectivity index (χ3v) is 3.28. The molecule has 0 fully saturated rings. The van der Waals surface area contributed by atoms with Crippen LogP contribution >= 0.6 is 15.9 Å². The maximum atomic E-state index is 12.1. The largest absolute Gasteiger partial charge is 0.457 e. The van der Waals surface area contributed by atoms with E-state index in [1.165, 1.54) is 6.26 Å². The highest BCUT2D eigenvalue weighted by Crippen LogP contribution is 2.19. The lowest BCUT2D eigenvalue weighted by molar-refractivity contribution is 0.0941. The molecule has 0 saturated heterocycles. The molecular formula is C15H15BrN2O3. The van der Waals surface area contributed by atoms with Gasteiger partial charge in [-0.2, -0.15) is 0 Å². The van der Waals surface area contributed by atoms with Gasteiger partial charge in [0, 0.05) is 17.3 Å². The SMILES string of the molecule is CC(C)NC(=O)c1cccc(NC(=O)c2ccoc2Br)c1. The van der Waals surface area contributed by atoms with Gasteiger partial charge in [-0.15, -0.1) is 0 Å². The molecule has 2 amide bonds. The second-order valence-corrected chi connectivity index (χ2v) is 5.49. The lowest BCUT2D eigenvalue weighted by Gasteiger charge is -2.10. The summed E-state index contributed by atoms with van der Waals surface area (Å²) in [5.74, 6) is -0.484. The Morgan fingerprint density at radius 3 is 2.57 bits per heavy atom. The fraction of sp³-hybridized carbons (Fsp3) is 0.200. The summed E-state index contributed by atoms with van der Waals surface area (Å²) < 4.78 is 5.39. The van der Waals surface area contributed by atoms with Crippen molar-refractivity contribution in [1.82, 2.24) is 5.32 Å². The van der Waals surface area contributed by atoms with Gasteiger partial charge in [-0.05, 0) is 54.0 Å². The third kappa shape index (κ3) is 3.95. The molecule has 0 atom stereocenters. The highest BCUT2D eigenvalue weighted by atomic mass is 79.9. The minimum Gasteiger partial charge on any atom is -0.457 e. The molecule has 0 bridgehead atoms. The third-order valence-electron chi connectivity index (χ3n) is 2.66. The van der Waals surface area contributed by atoms with Crippen molar-refractivity contribution < 1.29 is 14.0 Å². The molecular weight excluding hydrogens is 336 g/mol. The van der Waals surface area contributed by atoms with Crippen LogP contribution in [0.3, 0.4) is 0 Å². The second-order valence-electron chi connectivity index (χ2n) is 4.77. The number of anilines is 1. The van der Waals surface area contributed by atoms with Gasteiger partial charge in [-0.1, -0.05) is 6.07 Å². The zero-order valence-electron chi connectivity index (χ0n) is 11.6. The molecule has 0 saturated carbocycles. The Labute approximate surface area is 130 Å². The van der Waals surface area contributed by atoms with E-state index in [-0.39, 0.29) is 17.9 Å². The van der Waals surface area contributed by atoms with Gasteiger partial charge in [0.25, 0.3) is 11.8 Å². The number of carbonyl (C=O) groups is 2. The van der Waals surface area contributed by atoms with Gasteiger partial charge >= 0.3 is 0 Å². The van der Waals surface area contributed by atoms with E-state index >= 15 is 0 Å². The van der Waals surface area contributed by atoms with E-state index in [4.69, 9.17) is 4.42 Å². The molecule has 6 heteroatoms. The summed E-state index contributed by atoms with van der Waals surface area (Å²) in [6, 6.07) is 8.38. The van der Waals surface area contributed by atoms with Gasteiger partial charge in [-0.3, -0.25) is 9.59 Å². The Morgan fingerprint density at radius 2 is 1.95 bits per heavy atom. The van der Waals surface area contributed by atoms with E-state index in [9.17, 15) is 9.59 Å². The van der Waals surface area contributed by atoms with E-state index in [2.05, 4.69) is 26.6 Å². The maximum absolute atomic E-state index is 12.1. The molecule has 2 aromatic rings. The first-order chi connectivity index (χ1) is 9.97. The van der Waals surface area contributed by atoms with Crippen LogP contribution < -0.4 is 10.6 Å². The molecule has 0 spiro atoms. The molecule has 1 heterocycles. The van der Waals surface area contributed by atoms with Crippen LogP contribution in [0.4, 0.5) is 5.69 Å². The number of hydrogen-bond acceptors (Lipinski definition) is 3. The number of nitrogens with one attached hydrogen (secondary N) is 2. The van der Waals surface area contributed by atoms with Crippen LogP contribution in [0.2, 0.25) is 0 Å². The summed E-state index contributed by atoms with van der Waals surface area (Å²) in [5.41, 5.74) is 1.43. The monoisotopic (exact) mass is 350 g/mol. The van der Waals surface area contributed by atoms with Gasteiger partial charge in [-0.25, -0.2) is 0 Å². The van der Waals surface area contributed by atoms with Gasteiger partial charge < -0.3 is 15.1 Å². The van der Waals surface area contributed by atoms with Crippen molar-refractivity contribution in [3.63, 3.8) is 0 Å². The van der Waals surface area contributed by atoms with Gasteiger partial charge in [0.05, 0.1) is 11.8 Å².